The van der Waals surface area contributed by atoms with Gasteiger partial charge in [0, 0.05) is 5.69 Å². The SMILES string of the molecule is COc1cccc(OC)c1C(=O)OCC(=O)Nc1cc(C)ccc1C. The average molecular weight is 343 g/mol. The zero-order valence-corrected chi connectivity index (χ0v) is 14.7. The molecule has 2 aromatic rings. The topological polar surface area (TPSA) is 73.9 Å². The molecule has 0 saturated heterocycles. The molecule has 0 aromatic heterocycles. The molecule has 0 heterocycles. The molecular weight excluding hydrogens is 322 g/mol. The van der Waals surface area contributed by atoms with Crippen molar-refractivity contribution in [2.24, 2.45) is 0 Å². The molecular formula is C19H21NO5. The molecule has 0 aliphatic heterocycles. The first-order valence-corrected chi connectivity index (χ1v) is 7.71. The van der Waals surface area contributed by atoms with Gasteiger partial charge in [0.2, 0.25) is 0 Å². The first-order chi connectivity index (χ1) is 12.0. The molecule has 0 unspecified atom stereocenters. The van der Waals surface area contributed by atoms with Crippen molar-refractivity contribution in [3.63, 3.8) is 0 Å². The lowest BCUT2D eigenvalue weighted by atomic mass is 10.1. The van der Waals surface area contributed by atoms with E-state index in [1.54, 1.807) is 18.2 Å². The van der Waals surface area contributed by atoms with Gasteiger partial charge in [-0.2, -0.15) is 0 Å². The van der Waals surface area contributed by atoms with Gasteiger partial charge in [0.05, 0.1) is 14.2 Å². The molecule has 2 rings (SSSR count). The van der Waals surface area contributed by atoms with Gasteiger partial charge < -0.3 is 19.5 Å². The van der Waals surface area contributed by atoms with Gasteiger partial charge in [0.25, 0.3) is 5.91 Å². The highest BCUT2D eigenvalue weighted by Gasteiger charge is 2.20. The van der Waals surface area contributed by atoms with E-state index >= 15 is 0 Å². The lowest BCUT2D eigenvalue weighted by Gasteiger charge is -2.13. The Bertz CT molecular complexity index is 763. The fraction of sp³-hybridized carbons (Fsp3) is 0.263. The molecule has 0 bridgehead atoms. The van der Waals surface area contributed by atoms with Gasteiger partial charge in [-0.1, -0.05) is 18.2 Å². The molecule has 1 N–H and O–H groups in total. The van der Waals surface area contributed by atoms with Crippen molar-refractivity contribution < 1.29 is 23.8 Å². The van der Waals surface area contributed by atoms with Crippen LogP contribution in [0.1, 0.15) is 21.5 Å². The molecule has 0 aliphatic rings. The largest absolute Gasteiger partial charge is 0.496 e. The minimum atomic E-state index is -0.689. The van der Waals surface area contributed by atoms with Crippen LogP contribution in [-0.2, 0) is 9.53 Å². The maximum atomic E-state index is 12.3. The lowest BCUT2D eigenvalue weighted by Crippen LogP contribution is -2.22. The summed E-state index contributed by atoms with van der Waals surface area (Å²) in [7, 11) is 2.89. The number of hydrogen-bond donors (Lipinski definition) is 1. The van der Waals surface area contributed by atoms with Crippen molar-refractivity contribution in [1.29, 1.82) is 0 Å². The molecule has 0 aliphatic carbocycles. The van der Waals surface area contributed by atoms with E-state index in [9.17, 15) is 9.59 Å². The number of carbonyl (C=O) groups is 2. The number of aryl methyl sites for hydroxylation is 2. The molecule has 0 fully saturated rings. The third-order valence-electron chi connectivity index (χ3n) is 3.63. The fourth-order valence-corrected chi connectivity index (χ4v) is 2.31. The zero-order chi connectivity index (χ0) is 18.4. The van der Waals surface area contributed by atoms with E-state index < -0.39 is 18.5 Å². The second-order valence-electron chi connectivity index (χ2n) is 5.48. The summed E-state index contributed by atoms with van der Waals surface area (Å²) < 4.78 is 15.4. The summed E-state index contributed by atoms with van der Waals surface area (Å²) >= 11 is 0. The second-order valence-corrected chi connectivity index (χ2v) is 5.48. The Morgan fingerprint density at radius 3 is 2.24 bits per heavy atom. The number of esters is 1. The highest BCUT2D eigenvalue weighted by Crippen LogP contribution is 2.28. The standard InChI is InChI=1S/C19H21NO5/c1-12-8-9-13(2)14(10-12)20-17(21)11-25-19(22)18-15(23-3)6-5-7-16(18)24-4/h5-10H,11H2,1-4H3,(H,20,21). The minimum Gasteiger partial charge on any atom is -0.496 e. The van der Waals surface area contributed by atoms with Crippen LogP contribution in [0.3, 0.4) is 0 Å². The van der Waals surface area contributed by atoms with Crippen LogP contribution in [0.5, 0.6) is 11.5 Å². The first-order valence-electron chi connectivity index (χ1n) is 7.71. The summed E-state index contributed by atoms with van der Waals surface area (Å²) in [5.41, 5.74) is 2.79. The Morgan fingerprint density at radius 1 is 1.00 bits per heavy atom. The lowest BCUT2D eigenvalue weighted by molar-refractivity contribution is -0.119. The molecule has 6 nitrogen and oxygen atoms in total. The number of nitrogens with one attached hydrogen (secondary N) is 1. The van der Waals surface area contributed by atoms with Gasteiger partial charge in [-0.25, -0.2) is 4.79 Å². The van der Waals surface area contributed by atoms with Crippen molar-refractivity contribution in [2.45, 2.75) is 13.8 Å². The number of hydrogen-bond acceptors (Lipinski definition) is 5. The summed E-state index contributed by atoms with van der Waals surface area (Å²) in [6, 6.07) is 10.7. The number of ether oxygens (including phenoxy) is 3. The van der Waals surface area contributed by atoms with Crippen LogP contribution in [0.4, 0.5) is 5.69 Å². The van der Waals surface area contributed by atoms with E-state index in [4.69, 9.17) is 14.2 Å². The average Bonchev–Trinajstić information content (AvgIpc) is 2.61. The highest BCUT2D eigenvalue weighted by atomic mass is 16.5. The molecule has 1 amide bonds. The highest BCUT2D eigenvalue weighted by molar-refractivity contribution is 5.98. The number of amides is 1. The van der Waals surface area contributed by atoms with E-state index in [1.165, 1.54) is 14.2 Å². The summed E-state index contributed by atoms with van der Waals surface area (Å²) in [5.74, 6) is -0.472. The van der Waals surface area contributed by atoms with Crippen LogP contribution >= 0.6 is 0 Å². The first kappa shape index (κ1) is 18.3. The normalized spacial score (nSPS) is 10.1. The maximum Gasteiger partial charge on any atom is 0.346 e. The second kappa shape index (κ2) is 8.19. The Kier molecular flexibility index (Phi) is 6.00. The van der Waals surface area contributed by atoms with E-state index in [0.29, 0.717) is 17.2 Å². The Balaban J connectivity index is 2.05. The molecule has 6 heteroatoms. The number of anilines is 1. The van der Waals surface area contributed by atoms with Crippen molar-refractivity contribution >= 4 is 17.6 Å². The monoisotopic (exact) mass is 343 g/mol. The number of methoxy groups -OCH3 is 2. The molecule has 25 heavy (non-hydrogen) atoms. The summed E-state index contributed by atoms with van der Waals surface area (Å²) in [5, 5.41) is 2.74. The molecule has 132 valence electrons. The predicted octanol–water partition coefficient (Wildman–Crippen LogP) is 3.12. The van der Waals surface area contributed by atoms with Gasteiger partial charge >= 0.3 is 5.97 Å². The van der Waals surface area contributed by atoms with Crippen LogP contribution in [0.25, 0.3) is 0 Å². The van der Waals surface area contributed by atoms with Crippen molar-refractivity contribution in [2.75, 3.05) is 26.1 Å². The van der Waals surface area contributed by atoms with Crippen LogP contribution in [-0.4, -0.2) is 32.7 Å². The number of rotatable bonds is 6. The third-order valence-corrected chi connectivity index (χ3v) is 3.63. The molecule has 2 aromatic carbocycles. The maximum absolute atomic E-state index is 12.3. The molecule has 0 saturated carbocycles. The number of carbonyl (C=O) groups excluding carboxylic acids is 2. The molecule has 0 atom stereocenters. The predicted molar refractivity (Wildman–Crippen MR) is 94.4 cm³/mol. The van der Waals surface area contributed by atoms with Crippen LogP contribution in [0.2, 0.25) is 0 Å². The molecule has 0 radical (unpaired) electrons. The van der Waals surface area contributed by atoms with E-state index in [0.717, 1.165) is 11.1 Å². The van der Waals surface area contributed by atoms with Crippen LogP contribution in [0.15, 0.2) is 36.4 Å². The Morgan fingerprint density at radius 2 is 1.64 bits per heavy atom. The van der Waals surface area contributed by atoms with Crippen molar-refractivity contribution in [3.8, 4) is 11.5 Å². The summed E-state index contributed by atoms with van der Waals surface area (Å²) in [4.78, 5) is 24.4. The van der Waals surface area contributed by atoms with E-state index in [2.05, 4.69) is 5.32 Å². The van der Waals surface area contributed by atoms with Crippen molar-refractivity contribution in [1.82, 2.24) is 0 Å². The summed E-state index contributed by atoms with van der Waals surface area (Å²) in [6.07, 6.45) is 0. The number of benzene rings is 2. The van der Waals surface area contributed by atoms with Gasteiger partial charge in [0.15, 0.2) is 6.61 Å². The van der Waals surface area contributed by atoms with Gasteiger partial charge in [-0.3, -0.25) is 4.79 Å². The van der Waals surface area contributed by atoms with E-state index in [-0.39, 0.29) is 5.56 Å². The van der Waals surface area contributed by atoms with Gasteiger partial charge in [-0.05, 0) is 43.2 Å². The van der Waals surface area contributed by atoms with Crippen LogP contribution in [0, 0.1) is 13.8 Å². The molecule has 0 spiro atoms. The summed E-state index contributed by atoms with van der Waals surface area (Å²) in [6.45, 7) is 3.41. The van der Waals surface area contributed by atoms with Gasteiger partial charge in [-0.15, -0.1) is 0 Å². The Labute approximate surface area is 146 Å². The van der Waals surface area contributed by atoms with Crippen LogP contribution < -0.4 is 14.8 Å². The Hall–Kier alpha value is -3.02. The van der Waals surface area contributed by atoms with E-state index in [1.807, 2.05) is 32.0 Å². The minimum absolute atomic E-state index is 0.145. The van der Waals surface area contributed by atoms with Crippen molar-refractivity contribution in [3.05, 3.63) is 53.1 Å². The smallest absolute Gasteiger partial charge is 0.346 e. The quantitative estimate of drug-likeness (QED) is 0.816. The fourth-order valence-electron chi connectivity index (χ4n) is 2.31. The third kappa shape index (κ3) is 4.50. The van der Waals surface area contributed by atoms with Gasteiger partial charge in [0.1, 0.15) is 17.1 Å². The zero-order valence-electron chi connectivity index (χ0n) is 14.7.